The first-order chi connectivity index (χ1) is 58.8. The Bertz CT molecular complexity index is 5740. The molecule has 0 aliphatic carbocycles. The SMILES string of the molecule is Cc1ccc(-c2cccc(-c3ccc(C)cc3)n2)cc1.Cc1ccc(C(c2ccccc2)(c2ccccc2)c2ccc(C)cc2)cc1.Cc1ccc(N(c2ccccc2)c2ccc(C)cc2)cc1.Cc1ccc(P(c2ccccc2)c2ccc(C)cc2)cc1.Cc1ccc2c(c1)Oc1cc(C)ccc1O2.Cc1ccc2c(c1)Oc1ccc(C)cc1O2. The van der Waals surface area contributed by atoms with Gasteiger partial charge in [-0.2, -0.15) is 0 Å². The van der Waals surface area contributed by atoms with Crippen molar-refractivity contribution in [3.63, 3.8) is 0 Å². The molecule has 19 rings (SSSR count). The predicted octanol–water partition coefficient (Wildman–Crippen LogP) is 30.0. The summed E-state index contributed by atoms with van der Waals surface area (Å²) in [4.78, 5) is 7.05. The van der Waals surface area contributed by atoms with Crippen LogP contribution >= 0.6 is 7.92 Å². The molecular weight excluding hydrogens is 1490 g/mol. The van der Waals surface area contributed by atoms with E-state index < -0.39 is 7.92 Å². The lowest BCUT2D eigenvalue weighted by atomic mass is 9.65. The zero-order valence-electron chi connectivity index (χ0n) is 71.2. The molecule has 0 saturated heterocycles. The minimum Gasteiger partial charge on any atom is -0.450 e. The number of para-hydroxylation sites is 1. The Kier molecular flexibility index (Phi) is 27.3. The van der Waals surface area contributed by atoms with Crippen LogP contribution in [0.4, 0.5) is 17.1 Å². The average Bonchev–Trinajstić information content (AvgIpc) is 0.733. The van der Waals surface area contributed by atoms with E-state index in [0.29, 0.717) is 0 Å². The molecule has 2 aliphatic heterocycles. The van der Waals surface area contributed by atoms with Gasteiger partial charge in [0.15, 0.2) is 46.0 Å². The summed E-state index contributed by atoms with van der Waals surface area (Å²) in [5.41, 5.74) is 27.6. The number of anilines is 3. The molecule has 0 fully saturated rings. The molecule has 0 atom stereocenters. The van der Waals surface area contributed by atoms with Crippen molar-refractivity contribution in [1.82, 2.24) is 4.98 Å². The molecule has 0 saturated carbocycles. The van der Waals surface area contributed by atoms with Gasteiger partial charge in [0.1, 0.15) is 0 Å². The fraction of sp³-hybridized carbons (Fsp3) is 0.114. The van der Waals surface area contributed by atoms with E-state index in [1.54, 1.807) is 0 Å². The summed E-state index contributed by atoms with van der Waals surface area (Å²) in [6.45, 7) is 25.1. The number of hydrogen-bond acceptors (Lipinski definition) is 6. The van der Waals surface area contributed by atoms with Gasteiger partial charge in [-0.15, -0.1) is 0 Å². The van der Waals surface area contributed by atoms with E-state index in [1.165, 1.54) is 111 Å². The van der Waals surface area contributed by atoms with Crippen LogP contribution in [0.5, 0.6) is 46.0 Å². The Morgan fingerprint density at radius 1 is 0.198 bits per heavy atom. The molecule has 598 valence electrons. The molecule has 0 radical (unpaired) electrons. The van der Waals surface area contributed by atoms with E-state index in [0.717, 1.165) is 79.6 Å². The van der Waals surface area contributed by atoms with Crippen LogP contribution in [-0.4, -0.2) is 4.98 Å². The van der Waals surface area contributed by atoms with E-state index in [2.05, 4.69) is 388 Å². The molecule has 7 heteroatoms. The van der Waals surface area contributed by atoms with E-state index in [-0.39, 0.29) is 5.41 Å². The van der Waals surface area contributed by atoms with Gasteiger partial charge in [0, 0.05) is 28.2 Å². The Morgan fingerprint density at radius 3 is 0.752 bits per heavy atom. The van der Waals surface area contributed by atoms with Crippen molar-refractivity contribution in [2.45, 2.75) is 88.5 Å². The summed E-state index contributed by atoms with van der Waals surface area (Å²) in [5, 5.41) is 4.22. The first kappa shape index (κ1) is 83.6. The molecule has 0 unspecified atom stereocenters. The monoisotopic (exact) mass is 1590 g/mol. The quantitative estimate of drug-likeness (QED) is 0.0897. The maximum Gasteiger partial charge on any atom is 0.170 e. The van der Waals surface area contributed by atoms with E-state index >= 15 is 0 Å². The number of nitrogens with zero attached hydrogens (tertiary/aromatic N) is 2. The molecule has 17 aromatic rings. The van der Waals surface area contributed by atoms with Crippen LogP contribution in [0.15, 0.2) is 406 Å². The smallest absolute Gasteiger partial charge is 0.170 e. The fourth-order valence-electron chi connectivity index (χ4n) is 14.6. The van der Waals surface area contributed by atoms with Crippen LogP contribution in [-0.2, 0) is 5.41 Å². The van der Waals surface area contributed by atoms with Gasteiger partial charge in [0.25, 0.3) is 0 Å². The molecule has 1 aromatic heterocycles. The van der Waals surface area contributed by atoms with Crippen LogP contribution in [0.1, 0.15) is 89.0 Å². The summed E-state index contributed by atoms with van der Waals surface area (Å²) in [5.74, 6) is 6.28. The van der Waals surface area contributed by atoms with Gasteiger partial charge < -0.3 is 23.8 Å². The van der Waals surface area contributed by atoms with E-state index in [1.807, 2.05) is 107 Å². The van der Waals surface area contributed by atoms with Crippen molar-refractivity contribution in [3.8, 4) is 68.5 Å². The van der Waals surface area contributed by atoms with Crippen LogP contribution in [0.2, 0.25) is 0 Å². The lowest BCUT2D eigenvalue weighted by Crippen LogP contribution is -2.31. The molecule has 16 aromatic carbocycles. The summed E-state index contributed by atoms with van der Waals surface area (Å²) >= 11 is 0. The third-order valence-corrected chi connectivity index (χ3v) is 23.7. The summed E-state index contributed by atoms with van der Waals surface area (Å²) in [6.07, 6.45) is 0. The highest BCUT2D eigenvalue weighted by atomic mass is 31.1. The molecule has 0 amide bonds. The molecule has 0 spiro atoms. The summed E-state index contributed by atoms with van der Waals surface area (Å²) in [7, 11) is -0.471. The summed E-state index contributed by atoms with van der Waals surface area (Å²) in [6, 6.07) is 143. The second kappa shape index (κ2) is 39.6. The van der Waals surface area contributed by atoms with Crippen molar-refractivity contribution in [1.29, 1.82) is 0 Å². The number of rotatable bonds is 12. The lowest BCUT2D eigenvalue weighted by molar-refractivity contribution is 0.359. The lowest BCUT2D eigenvalue weighted by Gasteiger charge is -2.37. The van der Waals surface area contributed by atoms with Crippen LogP contribution in [0.25, 0.3) is 22.5 Å². The summed E-state index contributed by atoms with van der Waals surface area (Å²) < 4.78 is 23.2. The zero-order chi connectivity index (χ0) is 84.2. The highest BCUT2D eigenvalue weighted by molar-refractivity contribution is 7.79. The van der Waals surface area contributed by atoms with Crippen LogP contribution in [0, 0.1) is 83.1 Å². The van der Waals surface area contributed by atoms with Gasteiger partial charge >= 0.3 is 0 Å². The van der Waals surface area contributed by atoms with Crippen molar-refractivity contribution >= 4 is 40.9 Å². The first-order valence-electron chi connectivity index (χ1n) is 41.3. The van der Waals surface area contributed by atoms with E-state index in [4.69, 9.17) is 23.9 Å². The number of pyridine rings is 1. The van der Waals surface area contributed by atoms with Gasteiger partial charge in [-0.05, 0) is 248 Å². The molecule has 121 heavy (non-hydrogen) atoms. The Hall–Kier alpha value is -13.9. The Labute approximate surface area is 717 Å². The average molecular weight is 1600 g/mol. The van der Waals surface area contributed by atoms with Crippen LogP contribution in [0.3, 0.4) is 0 Å². The number of ether oxygens (including phenoxy) is 4. The van der Waals surface area contributed by atoms with Gasteiger partial charge in [-0.3, -0.25) is 0 Å². The fourth-order valence-corrected chi connectivity index (χ4v) is 16.9. The van der Waals surface area contributed by atoms with Crippen molar-refractivity contribution in [3.05, 3.63) is 495 Å². The van der Waals surface area contributed by atoms with Gasteiger partial charge in [-0.1, -0.05) is 354 Å². The second-order valence-electron chi connectivity index (χ2n) is 31.2. The Morgan fingerprint density at radius 2 is 0.430 bits per heavy atom. The standard InChI is InChI=1S/C27H24.C20H19N.C20H19P.C19H17N.2C14H12O2/c1-21-13-17-25(18-14-21)27(23-9-5-3-6-10-23,24-11-7-4-8-12-24)26-19-15-22(2)16-20-26;2*1-16-8-12-19(13-9-16)21(18-6-4-3-5-7-18)20-14-10-17(2)11-15-20;1-14-6-10-16(11-7-14)18-4-3-5-19(20-18)17-12-8-15(2)9-13-17;1-9-3-5-11-13(7-9)15-12-6-4-10(2)8-14(12)16-11;1-9-3-5-11-13(7-9)16-14-8-10(2)4-6-12(14)15-11/h3-20H,1-2H3;2*3-15H,1-2H3;3-13H,1-2H3;2*3-8H,1-2H3. The normalized spacial score (nSPS) is 11.1. The minimum atomic E-state index is -0.471. The molecule has 0 bridgehead atoms. The van der Waals surface area contributed by atoms with Crippen molar-refractivity contribution < 1.29 is 18.9 Å². The van der Waals surface area contributed by atoms with Crippen molar-refractivity contribution in [2.24, 2.45) is 0 Å². The van der Waals surface area contributed by atoms with Gasteiger partial charge in [0.05, 0.1) is 16.8 Å². The molecule has 2 aliphatic rings. The maximum absolute atomic E-state index is 5.81. The number of aromatic nitrogens is 1. The number of aryl methyl sites for hydroxylation is 12. The number of hydrogen-bond donors (Lipinski definition) is 0. The highest BCUT2D eigenvalue weighted by Crippen LogP contribution is 2.49. The predicted molar refractivity (Wildman–Crippen MR) is 509 cm³/mol. The largest absolute Gasteiger partial charge is 0.450 e. The second-order valence-corrected chi connectivity index (χ2v) is 33.5. The molecule has 6 nitrogen and oxygen atoms in total. The third kappa shape index (κ3) is 21.3. The van der Waals surface area contributed by atoms with Crippen LogP contribution < -0.4 is 39.8 Å². The number of benzene rings is 16. The topological polar surface area (TPSA) is 53.1 Å². The number of fused-ring (bicyclic) bond motifs is 4. The van der Waals surface area contributed by atoms with Crippen molar-refractivity contribution in [2.75, 3.05) is 4.90 Å². The maximum atomic E-state index is 5.81. The highest BCUT2D eigenvalue weighted by Gasteiger charge is 2.38. The first-order valence-corrected chi connectivity index (χ1v) is 42.7. The van der Waals surface area contributed by atoms with Gasteiger partial charge in [-0.25, -0.2) is 4.98 Å². The molecule has 0 N–H and O–H groups in total. The molecular formula is C114H103N2O4P. The third-order valence-electron chi connectivity index (χ3n) is 21.3. The minimum absolute atomic E-state index is 0.343. The van der Waals surface area contributed by atoms with Gasteiger partial charge in [0.2, 0.25) is 0 Å². The molecule has 3 heterocycles. The zero-order valence-corrected chi connectivity index (χ0v) is 72.1. The van der Waals surface area contributed by atoms with E-state index in [9.17, 15) is 0 Å². The Balaban J connectivity index is 0.000000120.